The van der Waals surface area contributed by atoms with Crippen LogP contribution in [0.4, 0.5) is 10.1 Å². The predicted molar refractivity (Wildman–Crippen MR) is 125 cm³/mol. The monoisotopic (exact) mass is 489 g/mol. The summed E-state index contributed by atoms with van der Waals surface area (Å²) in [7, 11) is -2.69. The van der Waals surface area contributed by atoms with Gasteiger partial charge >= 0.3 is 0 Å². The molecule has 7 nitrogen and oxygen atoms in total. The van der Waals surface area contributed by atoms with Crippen LogP contribution in [0, 0.1) is 18.7 Å². The van der Waals surface area contributed by atoms with Crippen LogP contribution in [0.3, 0.4) is 0 Å². The first-order valence-corrected chi connectivity index (χ1v) is 12.8. The fraction of sp³-hybridized carbons (Fsp3) is 0.304. The number of ether oxygens (including phenoxy) is 1. The Labute approximate surface area is 196 Å². The van der Waals surface area contributed by atoms with Gasteiger partial charge in [-0.25, -0.2) is 17.8 Å². The molecule has 174 valence electrons. The molecule has 0 aliphatic carbocycles. The summed E-state index contributed by atoms with van der Waals surface area (Å²) in [6.45, 7) is 2.20. The zero-order valence-electron chi connectivity index (χ0n) is 18.2. The molecule has 0 bridgehead atoms. The second-order valence-corrected chi connectivity index (χ2v) is 10.8. The van der Waals surface area contributed by atoms with Crippen LogP contribution < -0.4 is 10.1 Å². The van der Waals surface area contributed by atoms with Gasteiger partial charge in [-0.1, -0.05) is 12.1 Å². The molecule has 1 aliphatic rings. The van der Waals surface area contributed by atoms with Crippen LogP contribution in [0.5, 0.6) is 5.75 Å². The molecule has 0 saturated carbocycles. The maximum atomic E-state index is 13.8. The smallest absolute Gasteiger partial charge is 0.246 e. The molecule has 2 heterocycles. The minimum Gasteiger partial charge on any atom is -0.495 e. The van der Waals surface area contributed by atoms with Crippen molar-refractivity contribution >= 4 is 33.0 Å². The maximum Gasteiger partial charge on any atom is 0.246 e. The van der Waals surface area contributed by atoms with E-state index in [1.807, 2.05) is 30.5 Å². The lowest BCUT2D eigenvalue weighted by atomic mass is 9.98. The second kappa shape index (κ2) is 9.58. The number of carbonyl (C=O) groups excluding carboxylic acids is 1. The van der Waals surface area contributed by atoms with Crippen molar-refractivity contribution in [2.24, 2.45) is 5.92 Å². The minimum atomic E-state index is -4.03. The third kappa shape index (κ3) is 5.07. The third-order valence-electron chi connectivity index (χ3n) is 5.54. The Kier molecular flexibility index (Phi) is 6.78. The number of thiazole rings is 1. The summed E-state index contributed by atoms with van der Waals surface area (Å²) < 4.78 is 46.5. The van der Waals surface area contributed by atoms with Gasteiger partial charge in [0.2, 0.25) is 15.9 Å². The number of rotatable bonds is 6. The van der Waals surface area contributed by atoms with Crippen molar-refractivity contribution in [3.8, 4) is 17.0 Å². The molecule has 2 aromatic carbocycles. The van der Waals surface area contributed by atoms with Crippen LogP contribution in [-0.2, 0) is 14.8 Å². The average molecular weight is 490 g/mol. The number of benzene rings is 2. The molecule has 33 heavy (non-hydrogen) atoms. The fourth-order valence-corrected chi connectivity index (χ4v) is 6.18. The molecule has 0 radical (unpaired) electrons. The van der Waals surface area contributed by atoms with Crippen LogP contribution in [0.2, 0.25) is 0 Å². The van der Waals surface area contributed by atoms with E-state index in [1.165, 1.54) is 17.5 Å². The van der Waals surface area contributed by atoms with Gasteiger partial charge in [-0.3, -0.25) is 4.79 Å². The molecule has 0 spiro atoms. The van der Waals surface area contributed by atoms with E-state index in [0.717, 1.165) is 28.4 Å². The SMILES string of the molecule is COc1ccc(F)cc1S(=O)(=O)N1CCC[C@H](C(=O)Nc2cccc(-c3csc(C)n3)c2)C1. The quantitative estimate of drug-likeness (QED) is 0.558. The van der Waals surface area contributed by atoms with E-state index in [9.17, 15) is 17.6 Å². The summed E-state index contributed by atoms with van der Waals surface area (Å²) in [4.78, 5) is 17.2. The highest BCUT2D eigenvalue weighted by Gasteiger charge is 2.35. The molecular formula is C23H24FN3O4S2. The predicted octanol–water partition coefficient (Wildman–Crippen LogP) is 4.31. The minimum absolute atomic E-state index is 0.0127. The molecule has 4 rings (SSSR count). The largest absolute Gasteiger partial charge is 0.495 e. The van der Waals surface area contributed by atoms with Gasteiger partial charge in [-0.15, -0.1) is 11.3 Å². The van der Waals surface area contributed by atoms with Crippen molar-refractivity contribution < 1.29 is 22.3 Å². The molecule has 1 N–H and O–H groups in total. The number of hydrogen-bond acceptors (Lipinski definition) is 6. The van der Waals surface area contributed by atoms with E-state index in [1.54, 1.807) is 17.4 Å². The second-order valence-electron chi connectivity index (χ2n) is 7.82. The van der Waals surface area contributed by atoms with Crippen molar-refractivity contribution in [2.45, 2.75) is 24.7 Å². The summed E-state index contributed by atoms with van der Waals surface area (Å²) in [5.74, 6) is -1.39. The molecule has 3 aromatic rings. The Hall–Kier alpha value is -2.82. The normalized spacial score (nSPS) is 17.0. The number of nitrogens with zero attached hydrogens (tertiary/aromatic N) is 2. The maximum absolute atomic E-state index is 13.8. The van der Waals surface area contributed by atoms with Gasteiger partial charge in [0.25, 0.3) is 0 Å². The van der Waals surface area contributed by atoms with E-state index in [-0.39, 0.29) is 29.6 Å². The highest BCUT2D eigenvalue weighted by molar-refractivity contribution is 7.89. The molecule has 1 amide bonds. The first-order valence-electron chi connectivity index (χ1n) is 10.4. The van der Waals surface area contributed by atoms with Gasteiger partial charge in [-0.2, -0.15) is 4.31 Å². The number of hydrogen-bond donors (Lipinski definition) is 1. The molecule has 1 aliphatic heterocycles. The molecule has 1 saturated heterocycles. The van der Waals surface area contributed by atoms with E-state index < -0.39 is 21.8 Å². The van der Waals surface area contributed by atoms with Gasteiger partial charge in [0.15, 0.2) is 0 Å². The Balaban J connectivity index is 1.50. The number of methoxy groups -OCH3 is 1. The number of sulfonamides is 1. The van der Waals surface area contributed by atoms with Gasteiger partial charge in [-0.05, 0) is 50.1 Å². The third-order valence-corrected chi connectivity index (χ3v) is 8.20. The van der Waals surface area contributed by atoms with Crippen molar-refractivity contribution in [2.75, 3.05) is 25.5 Å². The van der Waals surface area contributed by atoms with Gasteiger partial charge in [0, 0.05) is 29.7 Å². The molecule has 1 fully saturated rings. The van der Waals surface area contributed by atoms with Gasteiger partial charge < -0.3 is 10.1 Å². The zero-order valence-corrected chi connectivity index (χ0v) is 19.9. The summed E-state index contributed by atoms with van der Waals surface area (Å²) >= 11 is 1.55. The van der Waals surface area contributed by atoms with Crippen LogP contribution >= 0.6 is 11.3 Å². The molecule has 1 aromatic heterocycles. The van der Waals surface area contributed by atoms with Crippen molar-refractivity contribution in [3.63, 3.8) is 0 Å². The first kappa shape index (κ1) is 23.3. The fourth-order valence-electron chi connectivity index (χ4n) is 3.86. The Morgan fingerprint density at radius 2 is 2.09 bits per heavy atom. The number of aryl methyl sites for hydroxylation is 1. The lowest BCUT2D eigenvalue weighted by Gasteiger charge is -2.31. The van der Waals surface area contributed by atoms with Crippen LogP contribution in [0.1, 0.15) is 17.8 Å². The van der Waals surface area contributed by atoms with Crippen molar-refractivity contribution in [1.82, 2.24) is 9.29 Å². The van der Waals surface area contributed by atoms with E-state index >= 15 is 0 Å². The molecule has 0 unspecified atom stereocenters. The number of amides is 1. The van der Waals surface area contributed by atoms with Crippen LogP contribution in [-0.4, -0.2) is 43.8 Å². The highest BCUT2D eigenvalue weighted by Crippen LogP contribution is 2.31. The number of carbonyl (C=O) groups is 1. The number of piperidine rings is 1. The zero-order chi connectivity index (χ0) is 23.6. The first-order chi connectivity index (χ1) is 15.8. The van der Waals surface area contributed by atoms with E-state index in [0.29, 0.717) is 18.5 Å². The number of aromatic nitrogens is 1. The lowest BCUT2D eigenvalue weighted by Crippen LogP contribution is -2.43. The molecule has 1 atom stereocenters. The van der Waals surface area contributed by atoms with Crippen molar-refractivity contribution in [3.05, 3.63) is 58.7 Å². The summed E-state index contributed by atoms with van der Waals surface area (Å²) in [6.07, 6.45) is 1.08. The molecular weight excluding hydrogens is 465 g/mol. The number of nitrogens with one attached hydrogen (secondary N) is 1. The van der Waals surface area contributed by atoms with E-state index in [2.05, 4.69) is 10.3 Å². The summed E-state index contributed by atoms with van der Waals surface area (Å²) in [5.41, 5.74) is 2.35. The van der Waals surface area contributed by atoms with Crippen molar-refractivity contribution in [1.29, 1.82) is 0 Å². The van der Waals surface area contributed by atoms with Crippen LogP contribution in [0.15, 0.2) is 52.7 Å². The number of anilines is 1. The summed E-state index contributed by atoms with van der Waals surface area (Å²) in [5, 5.41) is 5.82. The highest BCUT2D eigenvalue weighted by atomic mass is 32.2. The topological polar surface area (TPSA) is 88.6 Å². The standard InChI is InChI=1S/C23H24FN3O4S2/c1-15-25-20(14-32-15)16-5-3-7-19(11-16)26-23(28)17-6-4-10-27(13-17)33(29,30)22-12-18(24)8-9-21(22)31-2/h3,5,7-9,11-12,14,17H,4,6,10,13H2,1-2H3,(H,26,28)/t17-/m0/s1. The number of halogens is 1. The lowest BCUT2D eigenvalue weighted by molar-refractivity contribution is -0.120. The Bertz CT molecular complexity index is 1280. The Morgan fingerprint density at radius 3 is 2.82 bits per heavy atom. The summed E-state index contributed by atoms with van der Waals surface area (Å²) in [6, 6.07) is 10.8. The Morgan fingerprint density at radius 1 is 1.27 bits per heavy atom. The van der Waals surface area contributed by atoms with Gasteiger partial charge in [0.05, 0.1) is 23.7 Å². The van der Waals surface area contributed by atoms with Gasteiger partial charge in [0.1, 0.15) is 16.5 Å². The van der Waals surface area contributed by atoms with Crippen LogP contribution in [0.25, 0.3) is 11.3 Å². The molecule has 10 heteroatoms. The van der Waals surface area contributed by atoms with E-state index in [4.69, 9.17) is 4.74 Å². The average Bonchev–Trinajstić information content (AvgIpc) is 3.25.